The maximum Gasteiger partial charge on any atom is 0.243 e. The van der Waals surface area contributed by atoms with Gasteiger partial charge in [-0.05, 0) is 49.1 Å². The molecule has 29 heavy (non-hydrogen) atoms. The van der Waals surface area contributed by atoms with Crippen LogP contribution in [-0.2, 0) is 21.2 Å². The number of hydrogen-bond donors (Lipinski definition) is 1. The molecular formula is C22H27ClN2O3S. The molecule has 0 unspecified atom stereocenters. The second-order valence-corrected chi connectivity index (χ2v) is 9.80. The van der Waals surface area contributed by atoms with E-state index in [1.54, 1.807) is 12.1 Å². The minimum atomic E-state index is -3.81. The molecule has 0 atom stereocenters. The molecule has 0 radical (unpaired) electrons. The third-order valence-electron chi connectivity index (χ3n) is 5.23. The highest BCUT2D eigenvalue weighted by atomic mass is 35.5. The lowest BCUT2D eigenvalue weighted by molar-refractivity contribution is -0.122. The van der Waals surface area contributed by atoms with Crippen molar-refractivity contribution < 1.29 is 13.2 Å². The maximum absolute atomic E-state index is 13.2. The Bertz CT molecular complexity index is 895. The van der Waals surface area contributed by atoms with Gasteiger partial charge in [0.2, 0.25) is 15.9 Å². The van der Waals surface area contributed by atoms with Crippen molar-refractivity contribution in [1.29, 1.82) is 0 Å². The summed E-state index contributed by atoms with van der Waals surface area (Å²) >= 11 is 5.90. The Hall–Kier alpha value is -1.89. The third kappa shape index (κ3) is 6.29. The Labute approximate surface area is 178 Å². The summed E-state index contributed by atoms with van der Waals surface area (Å²) in [7, 11) is -3.81. The van der Waals surface area contributed by atoms with Crippen molar-refractivity contribution in [3.8, 4) is 0 Å². The van der Waals surface area contributed by atoms with Crippen molar-refractivity contribution in [2.45, 2.75) is 49.5 Å². The molecule has 7 heteroatoms. The van der Waals surface area contributed by atoms with Crippen LogP contribution in [0.25, 0.3) is 0 Å². The van der Waals surface area contributed by atoms with Crippen LogP contribution in [0.15, 0.2) is 59.5 Å². The number of sulfonamides is 1. The van der Waals surface area contributed by atoms with Crippen LogP contribution < -0.4 is 5.32 Å². The first-order valence-corrected chi connectivity index (χ1v) is 11.9. The van der Waals surface area contributed by atoms with E-state index in [4.69, 9.17) is 11.6 Å². The highest BCUT2D eigenvalue weighted by Gasteiger charge is 2.27. The van der Waals surface area contributed by atoms with Gasteiger partial charge in [-0.3, -0.25) is 4.79 Å². The van der Waals surface area contributed by atoms with Gasteiger partial charge in [0.1, 0.15) is 0 Å². The zero-order valence-corrected chi connectivity index (χ0v) is 18.0. The number of amides is 1. The van der Waals surface area contributed by atoms with Crippen molar-refractivity contribution in [2.24, 2.45) is 0 Å². The van der Waals surface area contributed by atoms with Crippen molar-refractivity contribution in [3.63, 3.8) is 0 Å². The molecule has 0 aliphatic heterocycles. The molecule has 0 aromatic heterocycles. The normalized spacial score (nSPS) is 15.4. The Morgan fingerprint density at radius 1 is 1.00 bits per heavy atom. The standard InChI is InChI=1S/C22H27ClN2O3S/c23-19-11-13-21(14-12-19)29(27,28)25(16-15-18-7-3-1-4-8-18)17-22(26)24-20-9-5-2-6-10-20/h1,3-4,7-8,11-14,20H,2,5-6,9-10,15-17H2,(H,24,26). The molecule has 3 rings (SSSR count). The Morgan fingerprint density at radius 2 is 1.66 bits per heavy atom. The summed E-state index contributed by atoms with van der Waals surface area (Å²) in [6, 6.07) is 15.9. The number of carbonyl (C=O) groups is 1. The van der Waals surface area contributed by atoms with Crippen LogP contribution in [0, 0.1) is 0 Å². The molecule has 1 amide bonds. The minimum absolute atomic E-state index is 0.139. The highest BCUT2D eigenvalue weighted by Crippen LogP contribution is 2.20. The predicted molar refractivity (Wildman–Crippen MR) is 115 cm³/mol. The van der Waals surface area contributed by atoms with Gasteiger partial charge in [0.25, 0.3) is 0 Å². The smallest absolute Gasteiger partial charge is 0.243 e. The fourth-order valence-corrected chi connectivity index (χ4v) is 5.14. The lowest BCUT2D eigenvalue weighted by atomic mass is 9.95. The van der Waals surface area contributed by atoms with E-state index >= 15 is 0 Å². The molecule has 2 aromatic carbocycles. The molecule has 0 saturated heterocycles. The zero-order chi connectivity index (χ0) is 20.7. The van der Waals surface area contributed by atoms with E-state index < -0.39 is 10.0 Å². The van der Waals surface area contributed by atoms with Gasteiger partial charge < -0.3 is 5.32 Å². The second kappa shape index (κ2) is 10.2. The Kier molecular flexibility index (Phi) is 7.70. The van der Waals surface area contributed by atoms with Crippen molar-refractivity contribution >= 4 is 27.5 Å². The molecule has 1 fully saturated rings. The molecule has 0 bridgehead atoms. The quantitative estimate of drug-likeness (QED) is 0.682. The Balaban J connectivity index is 1.74. The maximum atomic E-state index is 13.2. The largest absolute Gasteiger partial charge is 0.352 e. The summed E-state index contributed by atoms with van der Waals surface area (Å²) in [6.45, 7) is 0.0430. The Morgan fingerprint density at radius 3 is 2.31 bits per heavy atom. The van der Waals surface area contributed by atoms with Gasteiger partial charge in [0, 0.05) is 17.6 Å². The van der Waals surface area contributed by atoms with E-state index in [-0.39, 0.29) is 29.9 Å². The van der Waals surface area contributed by atoms with Gasteiger partial charge in [-0.2, -0.15) is 4.31 Å². The highest BCUT2D eigenvalue weighted by molar-refractivity contribution is 7.89. The molecule has 2 aromatic rings. The number of carbonyl (C=O) groups excluding carboxylic acids is 1. The average Bonchev–Trinajstić information content (AvgIpc) is 2.73. The van der Waals surface area contributed by atoms with Crippen LogP contribution in [0.5, 0.6) is 0 Å². The number of benzene rings is 2. The van der Waals surface area contributed by atoms with E-state index in [0.717, 1.165) is 31.2 Å². The lowest BCUT2D eigenvalue weighted by Crippen LogP contribution is -2.45. The number of halogens is 1. The van der Waals surface area contributed by atoms with Crippen LogP contribution in [0.1, 0.15) is 37.7 Å². The number of nitrogens with zero attached hydrogens (tertiary/aromatic N) is 1. The molecule has 5 nitrogen and oxygen atoms in total. The molecule has 156 valence electrons. The number of rotatable bonds is 8. The SMILES string of the molecule is O=C(CN(CCc1ccccc1)S(=O)(=O)c1ccc(Cl)cc1)NC1CCCCC1. The number of nitrogens with one attached hydrogen (secondary N) is 1. The summed E-state index contributed by atoms with van der Waals surface area (Å²) in [5, 5.41) is 3.48. The third-order valence-corrected chi connectivity index (χ3v) is 7.35. The minimum Gasteiger partial charge on any atom is -0.352 e. The first-order chi connectivity index (χ1) is 13.9. The van der Waals surface area contributed by atoms with Gasteiger partial charge in [0.05, 0.1) is 11.4 Å². The van der Waals surface area contributed by atoms with Gasteiger partial charge in [-0.1, -0.05) is 61.2 Å². The van der Waals surface area contributed by atoms with Gasteiger partial charge >= 0.3 is 0 Å². The summed E-state index contributed by atoms with van der Waals surface area (Å²) in [4.78, 5) is 12.8. The fraction of sp³-hybridized carbons (Fsp3) is 0.409. The summed E-state index contributed by atoms with van der Waals surface area (Å²) < 4.78 is 27.7. The second-order valence-electron chi connectivity index (χ2n) is 7.43. The number of hydrogen-bond acceptors (Lipinski definition) is 3. The molecule has 1 saturated carbocycles. The topological polar surface area (TPSA) is 66.5 Å². The van der Waals surface area contributed by atoms with E-state index in [9.17, 15) is 13.2 Å². The van der Waals surface area contributed by atoms with E-state index in [1.165, 1.54) is 22.9 Å². The fourth-order valence-electron chi connectivity index (χ4n) is 3.62. The van der Waals surface area contributed by atoms with E-state index in [0.29, 0.717) is 11.4 Å². The van der Waals surface area contributed by atoms with Crippen molar-refractivity contribution in [1.82, 2.24) is 9.62 Å². The first kappa shape index (κ1) is 21.8. The predicted octanol–water partition coefficient (Wildman–Crippen LogP) is 4.02. The molecule has 0 heterocycles. The zero-order valence-electron chi connectivity index (χ0n) is 16.4. The van der Waals surface area contributed by atoms with Crippen molar-refractivity contribution in [3.05, 3.63) is 65.2 Å². The van der Waals surface area contributed by atoms with Gasteiger partial charge in [-0.25, -0.2) is 8.42 Å². The van der Waals surface area contributed by atoms with E-state index in [1.807, 2.05) is 30.3 Å². The van der Waals surface area contributed by atoms with Gasteiger partial charge in [0.15, 0.2) is 0 Å². The first-order valence-electron chi connectivity index (χ1n) is 10.0. The average molecular weight is 435 g/mol. The van der Waals surface area contributed by atoms with Crippen LogP contribution in [-0.4, -0.2) is 37.8 Å². The van der Waals surface area contributed by atoms with Crippen LogP contribution in [0.2, 0.25) is 5.02 Å². The monoisotopic (exact) mass is 434 g/mol. The molecule has 1 N–H and O–H groups in total. The summed E-state index contributed by atoms with van der Waals surface area (Å²) in [6.07, 6.45) is 5.85. The van der Waals surface area contributed by atoms with E-state index in [2.05, 4.69) is 5.32 Å². The molecule has 1 aliphatic rings. The van der Waals surface area contributed by atoms with Crippen LogP contribution in [0.3, 0.4) is 0 Å². The summed E-state index contributed by atoms with van der Waals surface area (Å²) in [5.41, 5.74) is 1.02. The summed E-state index contributed by atoms with van der Waals surface area (Å²) in [5.74, 6) is -0.248. The van der Waals surface area contributed by atoms with Crippen LogP contribution in [0.4, 0.5) is 0 Å². The lowest BCUT2D eigenvalue weighted by Gasteiger charge is -2.26. The van der Waals surface area contributed by atoms with Crippen molar-refractivity contribution in [2.75, 3.05) is 13.1 Å². The molecule has 1 aliphatic carbocycles. The molecular weight excluding hydrogens is 408 g/mol. The van der Waals surface area contributed by atoms with Crippen LogP contribution >= 0.6 is 11.6 Å². The molecule has 0 spiro atoms. The van der Waals surface area contributed by atoms with Gasteiger partial charge in [-0.15, -0.1) is 0 Å².